The first-order valence-corrected chi connectivity index (χ1v) is 4.56. The Morgan fingerprint density at radius 1 is 0.812 bits per heavy atom. The van der Waals surface area contributed by atoms with Gasteiger partial charge >= 0.3 is 0 Å². The van der Waals surface area contributed by atoms with Crippen LogP contribution in [-0.2, 0) is 0 Å². The third kappa shape index (κ3) is 2.04. The molecule has 0 radical (unpaired) electrons. The van der Waals surface area contributed by atoms with Gasteiger partial charge in [-0.05, 0) is 12.1 Å². The summed E-state index contributed by atoms with van der Waals surface area (Å²) in [5, 5.41) is 19.4. The zero-order valence-corrected chi connectivity index (χ0v) is 9.24. The van der Waals surface area contributed by atoms with E-state index < -0.39 is 0 Å². The van der Waals surface area contributed by atoms with Crippen molar-refractivity contribution < 1.29 is 10.2 Å². The van der Waals surface area contributed by atoms with Crippen LogP contribution in [0.2, 0.25) is 0 Å². The van der Waals surface area contributed by atoms with Gasteiger partial charge in [0.15, 0.2) is 0 Å². The standard InChI is InChI=1S/C12H11NO2.ClH/c13-10-6-3-5-9(12(10)15)8-4-1-2-7-11(8)14;/h1-7,14-15H,13H2;1H. The molecule has 0 aliphatic heterocycles. The van der Waals surface area contributed by atoms with Crippen LogP contribution in [0.25, 0.3) is 11.1 Å². The molecule has 4 heteroatoms. The Morgan fingerprint density at radius 3 is 2.12 bits per heavy atom. The van der Waals surface area contributed by atoms with Crippen LogP contribution in [0.4, 0.5) is 5.69 Å². The van der Waals surface area contributed by atoms with Gasteiger partial charge in [-0.1, -0.05) is 30.3 Å². The van der Waals surface area contributed by atoms with E-state index in [4.69, 9.17) is 5.73 Å². The maximum atomic E-state index is 9.74. The van der Waals surface area contributed by atoms with Gasteiger partial charge in [-0.3, -0.25) is 0 Å². The lowest BCUT2D eigenvalue weighted by molar-refractivity contribution is 0.470. The summed E-state index contributed by atoms with van der Waals surface area (Å²) in [4.78, 5) is 0. The van der Waals surface area contributed by atoms with Gasteiger partial charge < -0.3 is 15.9 Å². The summed E-state index contributed by atoms with van der Waals surface area (Å²) in [6.07, 6.45) is 0. The lowest BCUT2D eigenvalue weighted by Gasteiger charge is -2.08. The summed E-state index contributed by atoms with van der Waals surface area (Å²) >= 11 is 0. The molecule has 2 aromatic rings. The van der Waals surface area contributed by atoms with Gasteiger partial charge in [-0.25, -0.2) is 0 Å². The molecule has 3 nitrogen and oxygen atoms in total. The van der Waals surface area contributed by atoms with Crippen LogP contribution in [0.5, 0.6) is 11.5 Å². The number of halogens is 1. The molecule has 4 N–H and O–H groups in total. The first-order valence-electron chi connectivity index (χ1n) is 4.56. The molecule has 16 heavy (non-hydrogen) atoms. The fraction of sp³-hybridized carbons (Fsp3) is 0. The molecule has 0 aromatic heterocycles. The Balaban J connectivity index is 0.00000128. The zero-order chi connectivity index (χ0) is 10.8. The number of aromatic hydroxyl groups is 2. The third-order valence-electron chi connectivity index (χ3n) is 2.26. The molecule has 0 heterocycles. The third-order valence-corrected chi connectivity index (χ3v) is 2.26. The Labute approximate surface area is 99.6 Å². The maximum absolute atomic E-state index is 9.74. The molecule has 0 unspecified atom stereocenters. The van der Waals surface area contributed by atoms with Crippen LogP contribution >= 0.6 is 12.4 Å². The molecule has 0 bridgehead atoms. The van der Waals surface area contributed by atoms with Crippen molar-refractivity contribution in [3.05, 3.63) is 42.5 Å². The average Bonchev–Trinajstić information content (AvgIpc) is 2.23. The molecule has 2 aromatic carbocycles. The van der Waals surface area contributed by atoms with E-state index in [0.717, 1.165) is 0 Å². The molecule has 0 saturated heterocycles. The molecule has 0 saturated carbocycles. The normalized spacial score (nSPS) is 9.50. The van der Waals surface area contributed by atoms with E-state index in [-0.39, 0.29) is 23.9 Å². The highest BCUT2D eigenvalue weighted by molar-refractivity contribution is 5.85. The highest BCUT2D eigenvalue weighted by Crippen LogP contribution is 2.37. The summed E-state index contributed by atoms with van der Waals surface area (Å²) in [6, 6.07) is 11.9. The summed E-state index contributed by atoms with van der Waals surface area (Å²) < 4.78 is 0. The van der Waals surface area contributed by atoms with Gasteiger partial charge in [0.25, 0.3) is 0 Å². The molecule has 0 aliphatic rings. The van der Waals surface area contributed by atoms with Crippen LogP contribution in [0, 0.1) is 0 Å². The molecule has 2 rings (SSSR count). The van der Waals surface area contributed by atoms with Crippen molar-refractivity contribution in [3.63, 3.8) is 0 Å². The Morgan fingerprint density at radius 2 is 1.44 bits per heavy atom. The van der Waals surface area contributed by atoms with E-state index in [1.165, 1.54) is 0 Å². The summed E-state index contributed by atoms with van der Waals surface area (Å²) in [5.74, 6) is 0.123. The molecular formula is C12H12ClNO2. The van der Waals surface area contributed by atoms with E-state index in [0.29, 0.717) is 16.8 Å². The van der Waals surface area contributed by atoms with Crippen LogP contribution < -0.4 is 5.73 Å². The van der Waals surface area contributed by atoms with Gasteiger partial charge in [0, 0.05) is 11.1 Å². The van der Waals surface area contributed by atoms with Crippen molar-refractivity contribution in [2.75, 3.05) is 5.73 Å². The summed E-state index contributed by atoms with van der Waals surface area (Å²) in [5.41, 5.74) is 6.98. The number of rotatable bonds is 1. The van der Waals surface area contributed by atoms with Crippen molar-refractivity contribution in [3.8, 4) is 22.6 Å². The molecule has 0 aliphatic carbocycles. The van der Waals surface area contributed by atoms with E-state index in [1.54, 1.807) is 42.5 Å². The quantitative estimate of drug-likeness (QED) is 0.528. The Bertz CT molecular complexity index is 500. The second-order valence-electron chi connectivity index (χ2n) is 3.26. The van der Waals surface area contributed by atoms with Crippen molar-refractivity contribution in [1.29, 1.82) is 0 Å². The molecule has 84 valence electrons. The number of para-hydroxylation sites is 2. The average molecular weight is 238 g/mol. The number of benzene rings is 2. The topological polar surface area (TPSA) is 66.5 Å². The van der Waals surface area contributed by atoms with E-state index in [9.17, 15) is 10.2 Å². The molecule has 0 atom stereocenters. The summed E-state index contributed by atoms with van der Waals surface area (Å²) in [7, 11) is 0. The molecule has 0 spiro atoms. The highest BCUT2D eigenvalue weighted by atomic mass is 35.5. The van der Waals surface area contributed by atoms with Crippen LogP contribution in [0.15, 0.2) is 42.5 Å². The van der Waals surface area contributed by atoms with Crippen LogP contribution in [0.3, 0.4) is 0 Å². The van der Waals surface area contributed by atoms with Gasteiger partial charge in [0.2, 0.25) is 0 Å². The number of hydrogen-bond donors (Lipinski definition) is 3. The van der Waals surface area contributed by atoms with E-state index in [2.05, 4.69) is 0 Å². The van der Waals surface area contributed by atoms with Gasteiger partial charge in [-0.15, -0.1) is 12.4 Å². The minimum atomic E-state index is -0.000926. The van der Waals surface area contributed by atoms with Crippen LogP contribution in [-0.4, -0.2) is 10.2 Å². The monoisotopic (exact) mass is 237 g/mol. The Hall–Kier alpha value is -1.87. The summed E-state index contributed by atoms with van der Waals surface area (Å²) in [6.45, 7) is 0. The minimum absolute atomic E-state index is 0. The SMILES string of the molecule is Cl.Nc1cccc(-c2ccccc2O)c1O. The molecular weight excluding hydrogens is 226 g/mol. The van der Waals surface area contributed by atoms with Crippen molar-refractivity contribution in [2.45, 2.75) is 0 Å². The van der Waals surface area contributed by atoms with Crippen molar-refractivity contribution in [2.24, 2.45) is 0 Å². The lowest BCUT2D eigenvalue weighted by Crippen LogP contribution is -1.87. The number of nitrogen functional groups attached to an aromatic ring is 1. The van der Waals surface area contributed by atoms with Crippen molar-refractivity contribution in [1.82, 2.24) is 0 Å². The molecule has 0 fully saturated rings. The number of nitrogens with two attached hydrogens (primary N) is 1. The molecule has 0 amide bonds. The predicted molar refractivity (Wildman–Crippen MR) is 66.9 cm³/mol. The first kappa shape index (κ1) is 12.2. The maximum Gasteiger partial charge on any atom is 0.146 e. The van der Waals surface area contributed by atoms with Crippen molar-refractivity contribution >= 4 is 18.1 Å². The smallest absolute Gasteiger partial charge is 0.146 e. The zero-order valence-electron chi connectivity index (χ0n) is 8.42. The van der Waals surface area contributed by atoms with E-state index >= 15 is 0 Å². The number of phenols is 2. The number of phenolic OH excluding ortho intramolecular Hbond substituents is 2. The lowest BCUT2D eigenvalue weighted by atomic mass is 10.0. The number of hydrogen-bond acceptors (Lipinski definition) is 3. The van der Waals surface area contributed by atoms with Gasteiger partial charge in [-0.2, -0.15) is 0 Å². The number of anilines is 1. The minimum Gasteiger partial charge on any atom is -0.507 e. The fourth-order valence-electron chi connectivity index (χ4n) is 1.48. The van der Waals surface area contributed by atoms with E-state index in [1.807, 2.05) is 0 Å². The highest BCUT2D eigenvalue weighted by Gasteiger charge is 2.09. The fourth-order valence-corrected chi connectivity index (χ4v) is 1.48. The van der Waals surface area contributed by atoms with Gasteiger partial charge in [0.05, 0.1) is 5.69 Å². The first-order chi connectivity index (χ1) is 7.20. The second-order valence-corrected chi connectivity index (χ2v) is 3.26. The van der Waals surface area contributed by atoms with Gasteiger partial charge in [0.1, 0.15) is 11.5 Å². The predicted octanol–water partition coefficient (Wildman–Crippen LogP) is 2.77. The van der Waals surface area contributed by atoms with Crippen LogP contribution in [0.1, 0.15) is 0 Å². The Kier molecular flexibility index (Phi) is 3.64. The largest absolute Gasteiger partial charge is 0.507 e. The second kappa shape index (κ2) is 4.77.